The highest BCUT2D eigenvalue weighted by Gasteiger charge is 2.55. The van der Waals surface area contributed by atoms with Crippen LogP contribution in [-0.4, -0.2) is 29.6 Å². The lowest BCUT2D eigenvalue weighted by Crippen LogP contribution is -2.42. The maximum absolute atomic E-state index is 14.1. The van der Waals surface area contributed by atoms with Crippen LogP contribution < -0.4 is 0 Å². The zero-order chi connectivity index (χ0) is 22.8. The first-order valence-electron chi connectivity index (χ1n) is 11.6. The Labute approximate surface area is 195 Å². The van der Waals surface area contributed by atoms with Crippen molar-refractivity contribution in [2.75, 3.05) is 0 Å². The molecule has 33 heavy (non-hydrogen) atoms. The second-order valence-electron chi connectivity index (χ2n) is 8.78. The van der Waals surface area contributed by atoms with Crippen LogP contribution in [-0.2, 0) is 14.8 Å². The third-order valence-electron chi connectivity index (χ3n) is 6.75. The van der Waals surface area contributed by atoms with Gasteiger partial charge in [-0.2, -0.15) is 4.31 Å². The predicted molar refractivity (Wildman–Crippen MR) is 128 cm³/mol. The van der Waals surface area contributed by atoms with E-state index in [1.165, 1.54) is 4.31 Å². The zero-order valence-corrected chi connectivity index (χ0v) is 19.3. The van der Waals surface area contributed by atoms with Crippen LogP contribution in [0, 0.1) is 0 Å². The standard InChI is InChI=1S/C27H28N2O3S/c30-27-25(21-13-5-1-6-14-21)29(33(31,32)24-19-11-4-12-20-24)26(22-15-7-2-8-16-22)28(27)23-17-9-3-10-18-23/h1-2,4-8,11-16,19-20,23,25-26H,3,9-10,17-18H2/t25-,26+/m0/s1. The molecule has 0 spiro atoms. The number of amides is 1. The van der Waals surface area contributed by atoms with E-state index < -0.39 is 22.2 Å². The van der Waals surface area contributed by atoms with Crippen molar-refractivity contribution in [3.05, 3.63) is 102 Å². The molecule has 1 saturated heterocycles. The van der Waals surface area contributed by atoms with E-state index in [0.717, 1.165) is 37.7 Å². The smallest absolute Gasteiger partial charge is 0.247 e. The summed E-state index contributed by atoms with van der Waals surface area (Å²) in [6.45, 7) is 0. The van der Waals surface area contributed by atoms with E-state index in [2.05, 4.69) is 0 Å². The van der Waals surface area contributed by atoms with Gasteiger partial charge in [-0.1, -0.05) is 98.1 Å². The summed E-state index contributed by atoms with van der Waals surface area (Å²) in [5.74, 6) is -0.138. The highest BCUT2D eigenvalue weighted by Crippen LogP contribution is 2.48. The molecule has 2 atom stereocenters. The fourth-order valence-corrected chi connectivity index (χ4v) is 6.94. The van der Waals surface area contributed by atoms with E-state index >= 15 is 0 Å². The lowest BCUT2D eigenvalue weighted by atomic mass is 9.93. The predicted octanol–water partition coefficient (Wildman–Crippen LogP) is 5.29. The third-order valence-corrected chi connectivity index (χ3v) is 8.58. The van der Waals surface area contributed by atoms with E-state index in [4.69, 9.17) is 0 Å². The Bertz CT molecular complexity index is 1190. The number of carbonyl (C=O) groups excluding carboxylic acids is 1. The zero-order valence-electron chi connectivity index (χ0n) is 18.5. The van der Waals surface area contributed by atoms with Crippen LogP contribution in [0.3, 0.4) is 0 Å². The van der Waals surface area contributed by atoms with Gasteiger partial charge in [0.1, 0.15) is 12.2 Å². The molecule has 2 fully saturated rings. The van der Waals surface area contributed by atoms with Crippen LogP contribution in [0.25, 0.3) is 0 Å². The van der Waals surface area contributed by atoms with Gasteiger partial charge in [0.25, 0.3) is 0 Å². The molecule has 5 rings (SSSR count). The number of carbonyl (C=O) groups is 1. The molecule has 1 saturated carbocycles. The molecule has 1 aliphatic heterocycles. The van der Waals surface area contributed by atoms with Crippen molar-refractivity contribution in [1.82, 2.24) is 9.21 Å². The van der Waals surface area contributed by atoms with Crippen molar-refractivity contribution >= 4 is 15.9 Å². The first-order chi connectivity index (χ1) is 16.1. The SMILES string of the molecule is O=C1[C@H](c2ccccc2)N(S(=O)(=O)c2ccccc2)[C@H](c2ccccc2)N1C1CCCCC1. The molecular weight excluding hydrogens is 432 g/mol. The summed E-state index contributed by atoms with van der Waals surface area (Å²) in [4.78, 5) is 16.2. The van der Waals surface area contributed by atoms with E-state index in [9.17, 15) is 13.2 Å². The van der Waals surface area contributed by atoms with E-state index in [0.29, 0.717) is 5.56 Å². The molecule has 3 aromatic carbocycles. The normalized spacial score (nSPS) is 22.5. The van der Waals surface area contributed by atoms with Gasteiger partial charge in [0.05, 0.1) is 4.90 Å². The number of sulfonamides is 1. The third kappa shape index (κ3) is 3.98. The van der Waals surface area contributed by atoms with Gasteiger partial charge in [-0.05, 0) is 36.1 Å². The molecule has 2 aliphatic rings. The molecule has 3 aromatic rings. The topological polar surface area (TPSA) is 57.7 Å². The maximum Gasteiger partial charge on any atom is 0.247 e. The minimum Gasteiger partial charge on any atom is -0.317 e. The van der Waals surface area contributed by atoms with E-state index in [-0.39, 0.29) is 16.8 Å². The lowest BCUT2D eigenvalue weighted by molar-refractivity contribution is -0.133. The second-order valence-corrected chi connectivity index (χ2v) is 10.6. The van der Waals surface area contributed by atoms with Gasteiger partial charge < -0.3 is 4.90 Å². The Morgan fingerprint density at radius 3 is 1.76 bits per heavy atom. The Hall–Kier alpha value is -2.96. The quantitative estimate of drug-likeness (QED) is 0.520. The summed E-state index contributed by atoms with van der Waals surface area (Å²) in [6, 6.07) is 26.4. The molecule has 0 unspecified atom stereocenters. The Kier molecular flexibility index (Phi) is 6.04. The molecule has 5 nitrogen and oxygen atoms in total. The lowest BCUT2D eigenvalue weighted by Gasteiger charge is -2.37. The van der Waals surface area contributed by atoms with Gasteiger partial charge in [0.15, 0.2) is 0 Å². The fraction of sp³-hybridized carbons (Fsp3) is 0.296. The highest BCUT2D eigenvalue weighted by atomic mass is 32.2. The van der Waals surface area contributed by atoms with Crippen LogP contribution in [0.1, 0.15) is 55.4 Å². The largest absolute Gasteiger partial charge is 0.317 e. The Morgan fingerprint density at radius 1 is 0.667 bits per heavy atom. The summed E-state index contributed by atoms with van der Waals surface area (Å²) >= 11 is 0. The summed E-state index contributed by atoms with van der Waals surface area (Å²) in [6.07, 6.45) is 4.38. The Balaban J connectivity index is 1.72. The van der Waals surface area contributed by atoms with Crippen molar-refractivity contribution in [1.29, 1.82) is 0 Å². The van der Waals surface area contributed by atoms with Gasteiger partial charge in [-0.25, -0.2) is 8.42 Å². The van der Waals surface area contributed by atoms with Crippen molar-refractivity contribution in [3.63, 3.8) is 0 Å². The summed E-state index contributed by atoms with van der Waals surface area (Å²) in [5.41, 5.74) is 1.51. The number of hydrogen-bond acceptors (Lipinski definition) is 3. The number of nitrogens with zero attached hydrogens (tertiary/aromatic N) is 2. The molecule has 6 heteroatoms. The van der Waals surface area contributed by atoms with E-state index in [1.807, 2.05) is 65.6 Å². The molecule has 1 amide bonds. The van der Waals surface area contributed by atoms with Crippen LogP contribution in [0.4, 0.5) is 0 Å². The minimum atomic E-state index is -3.97. The van der Waals surface area contributed by atoms with Crippen LogP contribution in [0.15, 0.2) is 95.9 Å². The summed E-state index contributed by atoms with van der Waals surface area (Å²) in [5, 5.41) is 0. The van der Waals surface area contributed by atoms with Gasteiger partial charge in [0.2, 0.25) is 15.9 Å². The molecule has 170 valence electrons. The van der Waals surface area contributed by atoms with Crippen molar-refractivity contribution in [2.24, 2.45) is 0 Å². The van der Waals surface area contributed by atoms with Crippen molar-refractivity contribution < 1.29 is 13.2 Å². The molecule has 0 aromatic heterocycles. The van der Waals surface area contributed by atoms with Crippen LogP contribution in [0.2, 0.25) is 0 Å². The molecule has 0 N–H and O–H groups in total. The molecular formula is C27H28N2O3S. The van der Waals surface area contributed by atoms with E-state index in [1.54, 1.807) is 30.3 Å². The molecule has 1 aliphatic carbocycles. The van der Waals surface area contributed by atoms with Gasteiger partial charge in [0, 0.05) is 6.04 Å². The first kappa shape index (κ1) is 21.9. The maximum atomic E-state index is 14.1. The molecule has 0 bridgehead atoms. The summed E-state index contributed by atoms with van der Waals surface area (Å²) < 4.78 is 29.7. The van der Waals surface area contributed by atoms with Gasteiger partial charge in [-0.3, -0.25) is 4.79 Å². The monoisotopic (exact) mass is 460 g/mol. The van der Waals surface area contributed by atoms with Crippen LogP contribution in [0.5, 0.6) is 0 Å². The van der Waals surface area contributed by atoms with Crippen LogP contribution >= 0.6 is 0 Å². The number of rotatable bonds is 5. The van der Waals surface area contributed by atoms with Crippen molar-refractivity contribution in [2.45, 2.75) is 55.2 Å². The second kappa shape index (κ2) is 9.12. The Morgan fingerprint density at radius 2 is 1.18 bits per heavy atom. The molecule has 0 radical (unpaired) electrons. The van der Waals surface area contributed by atoms with Gasteiger partial charge in [-0.15, -0.1) is 0 Å². The highest BCUT2D eigenvalue weighted by molar-refractivity contribution is 7.89. The molecule has 1 heterocycles. The van der Waals surface area contributed by atoms with Crippen molar-refractivity contribution in [3.8, 4) is 0 Å². The van der Waals surface area contributed by atoms with Gasteiger partial charge >= 0.3 is 0 Å². The average Bonchev–Trinajstić information content (AvgIpc) is 3.20. The number of benzene rings is 3. The first-order valence-corrected chi connectivity index (χ1v) is 13.0. The summed E-state index contributed by atoms with van der Waals surface area (Å²) in [7, 11) is -3.97. The minimum absolute atomic E-state index is 0.0265. The number of hydrogen-bond donors (Lipinski definition) is 0. The average molecular weight is 461 g/mol. The fourth-order valence-electron chi connectivity index (χ4n) is 5.22.